The van der Waals surface area contributed by atoms with Gasteiger partial charge in [-0.2, -0.15) is 0 Å². The van der Waals surface area contributed by atoms with Gasteiger partial charge in [0.2, 0.25) is 0 Å². The average Bonchev–Trinajstić information content (AvgIpc) is 2.45. The van der Waals surface area contributed by atoms with Gasteiger partial charge in [0.05, 0.1) is 14.2 Å². The van der Waals surface area contributed by atoms with Crippen LogP contribution in [0.2, 0.25) is 0 Å². The summed E-state index contributed by atoms with van der Waals surface area (Å²) in [6.07, 6.45) is 5.35. The van der Waals surface area contributed by atoms with Crippen molar-refractivity contribution < 1.29 is 19.1 Å². The van der Waals surface area contributed by atoms with E-state index in [1.165, 1.54) is 18.9 Å². The molecule has 4 nitrogen and oxygen atoms in total. The molecule has 108 valence electrons. The monoisotopic (exact) mass is 294 g/mol. The maximum absolute atomic E-state index is 10.9. The van der Waals surface area contributed by atoms with E-state index in [0.717, 1.165) is 24.0 Å². The lowest BCUT2D eigenvalue weighted by molar-refractivity contribution is -0.109. The van der Waals surface area contributed by atoms with E-state index in [1.54, 1.807) is 26.2 Å². The number of ether oxygens (including phenoxy) is 2. The molecule has 1 aromatic rings. The number of hydrogen-bond donors (Lipinski definition) is 0. The summed E-state index contributed by atoms with van der Waals surface area (Å²) in [6.45, 7) is 1.55. The number of thioether (sulfide) groups is 1. The Hall–Kier alpha value is -1.75. The zero-order valence-corrected chi connectivity index (χ0v) is 12.7. The van der Waals surface area contributed by atoms with E-state index in [1.807, 2.05) is 12.2 Å². The van der Waals surface area contributed by atoms with Crippen molar-refractivity contribution in [1.29, 1.82) is 0 Å². The molecule has 0 aromatic heterocycles. The van der Waals surface area contributed by atoms with Crippen molar-refractivity contribution in [3.8, 4) is 11.5 Å². The van der Waals surface area contributed by atoms with Gasteiger partial charge in [0.25, 0.3) is 0 Å². The van der Waals surface area contributed by atoms with Crippen molar-refractivity contribution in [3.05, 3.63) is 29.3 Å². The van der Waals surface area contributed by atoms with Gasteiger partial charge in [-0.3, -0.25) is 9.59 Å². The predicted molar refractivity (Wildman–Crippen MR) is 81.7 cm³/mol. The van der Waals surface area contributed by atoms with E-state index in [2.05, 4.69) is 0 Å². The Bertz CT molecular complexity index is 509. The van der Waals surface area contributed by atoms with E-state index < -0.39 is 0 Å². The number of aldehydes is 1. The maximum Gasteiger partial charge on any atom is 0.185 e. The first-order chi connectivity index (χ1) is 9.62. The second-order valence-corrected chi connectivity index (χ2v) is 5.27. The minimum Gasteiger partial charge on any atom is -0.493 e. The molecule has 0 fully saturated rings. The number of rotatable bonds is 7. The molecule has 0 spiro atoms. The summed E-state index contributed by atoms with van der Waals surface area (Å²) in [4.78, 5) is 21.7. The highest BCUT2D eigenvalue weighted by Crippen LogP contribution is 2.33. The summed E-state index contributed by atoms with van der Waals surface area (Å²) in [5, 5.41) is 0.112. The molecule has 0 saturated heterocycles. The molecule has 0 aliphatic rings. The fourth-order valence-electron chi connectivity index (χ4n) is 1.69. The normalized spacial score (nSPS) is 10.6. The quantitative estimate of drug-likeness (QED) is 0.571. The van der Waals surface area contributed by atoms with E-state index in [-0.39, 0.29) is 5.12 Å². The summed E-state index contributed by atoms with van der Waals surface area (Å²) in [5.41, 5.74) is 1.31. The van der Waals surface area contributed by atoms with Crippen LogP contribution in [0.15, 0.2) is 18.2 Å². The summed E-state index contributed by atoms with van der Waals surface area (Å²) in [7, 11) is 3.09. The first-order valence-electron chi connectivity index (χ1n) is 6.13. The number of allylic oxidation sites excluding steroid dienone is 1. The van der Waals surface area contributed by atoms with Crippen LogP contribution >= 0.6 is 11.8 Å². The first kappa shape index (κ1) is 16.3. The van der Waals surface area contributed by atoms with Crippen LogP contribution in [0.1, 0.15) is 29.3 Å². The Balaban J connectivity index is 2.89. The number of methoxy groups -OCH3 is 2. The van der Waals surface area contributed by atoms with Crippen LogP contribution in [0.25, 0.3) is 6.08 Å². The van der Waals surface area contributed by atoms with Gasteiger partial charge in [0, 0.05) is 23.8 Å². The molecule has 0 atom stereocenters. The Labute approximate surface area is 123 Å². The standard InChI is InChI=1S/C15H18O4S/c1-11(17)20-7-5-4-6-13-8-12(10-16)9-14(18-2)15(13)19-3/h4,6,8-10H,5,7H2,1-3H3. The Kier molecular flexibility index (Phi) is 6.87. The van der Waals surface area contributed by atoms with Crippen LogP contribution in [-0.4, -0.2) is 31.4 Å². The largest absolute Gasteiger partial charge is 0.493 e. The van der Waals surface area contributed by atoms with Gasteiger partial charge in [0.15, 0.2) is 16.6 Å². The molecule has 1 aromatic carbocycles. The van der Waals surface area contributed by atoms with Crippen molar-refractivity contribution in [2.24, 2.45) is 0 Å². The number of benzene rings is 1. The van der Waals surface area contributed by atoms with Crippen molar-refractivity contribution in [1.82, 2.24) is 0 Å². The molecule has 0 bridgehead atoms. The van der Waals surface area contributed by atoms with Gasteiger partial charge < -0.3 is 9.47 Å². The zero-order valence-electron chi connectivity index (χ0n) is 11.8. The smallest absolute Gasteiger partial charge is 0.185 e. The molecule has 0 amide bonds. The van der Waals surface area contributed by atoms with E-state index in [9.17, 15) is 9.59 Å². The lowest BCUT2D eigenvalue weighted by Crippen LogP contribution is -1.95. The lowest BCUT2D eigenvalue weighted by atomic mass is 10.1. The molecule has 20 heavy (non-hydrogen) atoms. The van der Waals surface area contributed by atoms with E-state index in [0.29, 0.717) is 17.1 Å². The molecule has 0 unspecified atom stereocenters. The molecular weight excluding hydrogens is 276 g/mol. The van der Waals surface area contributed by atoms with E-state index in [4.69, 9.17) is 9.47 Å². The molecule has 5 heteroatoms. The van der Waals surface area contributed by atoms with Crippen molar-refractivity contribution in [2.45, 2.75) is 13.3 Å². The predicted octanol–water partition coefficient (Wildman–Crippen LogP) is 3.20. The van der Waals surface area contributed by atoms with Gasteiger partial charge in [-0.15, -0.1) is 0 Å². The van der Waals surface area contributed by atoms with Crippen molar-refractivity contribution in [3.63, 3.8) is 0 Å². The lowest BCUT2D eigenvalue weighted by Gasteiger charge is -2.11. The summed E-state index contributed by atoms with van der Waals surface area (Å²) >= 11 is 1.29. The molecule has 0 heterocycles. The second kappa shape index (κ2) is 8.43. The summed E-state index contributed by atoms with van der Waals surface area (Å²) < 4.78 is 10.5. The highest BCUT2D eigenvalue weighted by Gasteiger charge is 2.10. The van der Waals surface area contributed by atoms with Crippen LogP contribution in [0.5, 0.6) is 11.5 Å². The summed E-state index contributed by atoms with van der Waals surface area (Å²) in [6, 6.07) is 3.37. The number of hydrogen-bond acceptors (Lipinski definition) is 5. The third kappa shape index (κ3) is 4.74. The van der Waals surface area contributed by atoms with Gasteiger partial charge in [-0.1, -0.05) is 23.9 Å². The van der Waals surface area contributed by atoms with E-state index >= 15 is 0 Å². The molecule has 0 saturated carbocycles. The number of carbonyl (C=O) groups is 2. The molecule has 0 aliphatic carbocycles. The Morgan fingerprint density at radius 2 is 2.05 bits per heavy atom. The molecule has 0 N–H and O–H groups in total. The van der Waals surface area contributed by atoms with Crippen LogP contribution in [-0.2, 0) is 4.79 Å². The highest BCUT2D eigenvalue weighted by molar-refractivity contribution is 8.13. The maximum atomic E-state index is 10.9. The molecular formula is C15H18O4S. The third-order valence-electron chi connectivity index (χ3n) is 2.55. The SMILES string of the molecule is COc1cc(C=O)cc(C=CCCSC(C)=O)c1OC. The fraction of sp³-hybridized carbons (Fsp3) is 0.333. The Morgan fingerprint density at radius 1 is 1.30 bits per heavy atom. The second-order valence-electron chi connectivity index (χ2n) is 3.99. The van der Waals surface area contributed by atoms with Crippen LogP contribution in [0.4, 0.5) is 0 Å². The molecule has 0 aliphatic heterocycles. The third-order valence-corrected chi connectivity index (χ3v) is 3.40. The first-order valence-corrected chi connectivity index (χ1v) is 7.12. The van der Waals surface area contributed by atoms with Gasteiger partial charge in [-0.25, -0.2) is 0 Å². The van der Waals surface area contributed by atoms with Crippen LogP contribution in [0, 0.1) is 0 Å². The summed E-state index contributed by atoms with van der Waals surface area (Å²) in [5.74, 6) is 1.85. The number of carbonyl (C=O) groups excluding carboxylic acids is 2. The fourth-order valence-corrected chi connectivity index (χ4v) is 2.23. The molecule has 0 radical (unpaired) electrons. The van der Waals surface area contributed by atoms with Crippen molar-refractivity contribution >= 4 is 29.2 Å². The van der Waals surface area contributed by atoms with Crippen LogP contribution < -0.4 is 9.47 Å². The van der Waals surface area contributed by atoms with Gasteiger partial charge in [-0.05, 0) is 18.6 Å². The van der Waals surface area contributed by atoms with Crippen molar-refractivity contribution in [2.75, 3.05) is 20.0 Å². The zero-order chi connectivity index (χ0) is 15.0. The topological polar surface area (TPSA) is 52.6 Å². The minimum atomic E-state index is 0.112. The minimum absolute atomic E-state index is 0.112. The Morgan fingerprint density at radius 3 is 2.60 bits per heavy atom. The van der Waals surface area contributed by atoms with Gasteiger partial charge in [0.1, 0.15) is 6.29 Å². The molecule has 1 rings (SSSR count). The van der Waals surface area contributed by atoms with Gasteiger partial charge >= 0.3 is 0 Å². The van der Waals surface area contributed by atoms with Crippen LogP contribution in [0.3, 0.4) is 0 Å². The average molecular weight is 294 g/mol. The highest BCUT2D eigenvalue weighted by atomic mass is 32.2.